The first kappa shape index (κ1) is 21.6. The summed E-state index contributed by atoms with van der Waals surface area (Å²) < 4.78 is 11.5. The van der Waals surface area contributed by atoms with Crippen LogP contribution in [-0.4, -0.2) is 50.2 Å². The molecule has 2 fully saturated rings. The molecule has 162 valence electrons. The minimum absolute atomic E-state index is 0.109. The maximum Gasteiger partial charge on any atom is 0.337 e. The number of rotatable bonds is 4. The van der Waals surface area contributed by atoms with Crippen LogP contribution in [0.2, 0.25) is 0 Å². The molecule has 0 N–H and O–H groups in total. The van der Waals surface area contributed by atoms with Gasteiger partial charge >= 0.3 is 5.97 Å². The lowest BCUT2D eigenvalue weighted by atomic mass is 9.73. The SMILES string of the molecule is COC(=O)c1ccc2c(c1)CC(CC(=O)N1CCOCC1)C(Br)=C2C1CCCCC1. The molecule has 1 saturated heterocycles. The van der Waals surface area contributed by atoms with Crippen LogP contribution in [-0.2, 0) is 20.7 Å². The van der Waals surface area contributed by atoms with Crippen LogP contribution in [0.1, 0.15) is 60.0 Å². The van der Waals surface area contributed by atoms with Gasteiger partial charge in [-0.15, -0.1) is 0 Å². The molecule has 30 heavy (non-hydrogen) atoms. The fraction of sp³-hybridized carbons (Fsp3) is 0.583. The van der Waals surface area contributed by atoms with Crippen molar-refractivity contribution in [3.63, 3.8) is 0 Å². The first-order valence-corrected chi connectivity index (χ1v) is 11.8. The molecule has 5 nitrogen and oxygen atoms in total. The number of hydrogen-bond acceptors (Lipinski definition) is 4. The zero-order chi connectivity index (χ0) is 21.1. The molecule has 3 aliphatic rings. The number of ether oxygens (including phenoxy) is 2. The second-order valence-electron chi connectivity index (χ2n) is 8.56. The van der Waals surface area contributed by atoms with Crippen molar-refractivity contribution in [3.8, 4) is 0 Å². The highest BCUT2D eigenvalue weighted by molar-refractivity contribution is 9.11. The summed E-state index contributed by atoms with van der Waals surface area (Å²) in [5, 5.41) is 0. The Bertz CT molecular complexity index is 838. The first-order chi connectivity index (χ1) is 14.6. The van der Waals surface area contributed by atoms with Gasteiger partial charge in [-0.3, -0.25) is 4.79 Å². The van der Waals surface area contributed by atoms with E-state index >= 15 is 0 Å². The molecule has 1 saturated carbocycles. The lowest BCUT2D eigenvalue weighted by molar-refractivity contribution is -0.135. The maximum atomic E-state index is 13.0. The highest BCUT2D eigenvalue weighted by atomic mass is 79.9. The lowest BCUT2D eigenvalue weighted by Gasteiger charge is -2.35. The number of methoxy groups -OCH3 is 1. The third kappa shape index (κ3) is 4.50. The predicted octanol–water partition coefficient (Wildman–Crippen LogP) is 4.58. The topological polar surface area (TPSA) is 55.8 Å². The van der Waals surface area contributed by atoms with E-state index in [4.69, 9.17) is 9.47 Å². The quantitative estimate of drug-likeness (QED) is 0.597. The van der Waals surface area contributed by atoms with Gasteiger partial charge in [-0.05, 0) is 54.0 Å². The zero-order valence-electron chi connectivity index (χ0n) is 17.6. The Kier molecular flexibility index (Phi) is 6.94. The third-order valence-corrected chi connectivity index (χ3v) is 7.77. The highest BCUT2D eigenvalue weighted by Crippen LogP contribution is 2.47. The minimum Gasteiger partial charge on any atom is -0.465 e. The number of fused-ring (bicyclic) bond motifs is 1. The van der Waals surface area contributed by atoms with Crippen LogP contribution >= 0.6 is 15.9 Å². The van der Waals surface area contributed by atoms with Crippen molar-refractivity contribution in [3.05, 3.63) is 39.4 Å². The average Bonchev–Trinajstić information content (AvgIpc) is 2.80. The Balaban J connectivity index is 1.66. The number of halogens is 1. The lowest BCUT2D eigenvalue weighted by Crippen LogP contribution is -2.41. The largest absolute Gasteiger partial charge is 0.465 e. The normalized spacial score (nSPS) is 22.6. The molecule has 6 heteroatoms. The van der Waals surface area contributed by atoms with Gasteiger partial charge < -0.3 is 14.4 Å². The molecule has 0 radical (unpaired) electrons. The molecular weight excluding hydrogens is 446 g/mol. The van der Waals surface area contributed by atoms with E-state index in [2.05, 4.69) is 22.0 Å². The monoisotopic (exact) mass is 475 g/mol. The van der Waals surface area contributed by atoms with E-state index in [1.54, 1.807) is 0 Å². The molecule has 1 unspecified atom stereocenters. The Morgan fingerprint density at radius 1 is 1.17 bits per heavy atom. The smallest absolute Gasteiger partial charge is 0.337 e. The second kappa shape index (κ2) is 9.65. The van der Waals surface area contributed by atoms with Gasteiger partial charge in [-0.25, -0.2) is 4.79 Å². The van der Waals surface area contributed by atoms with Crippen LogP contribution < -0.4 is 0 Å². The summed E-state index contributed by atoms with van der Waals surface area (Å²) in [6, 6.07) is 5.91. The van der Waals surface area contributed by atoms with Crippen molar-refractivity contribution >= 4 is 33.4 Å². The van der Waals surface area contributed by atoms with Crippen LogP contribution in [0.25, 0.3) is 5.57 Å². The molecule has 2 aliphatic carbocycles. The molecule has 1 atom stereocenters. The van der Waals surface area contributed by atoms with Crippen molar-refractivity contribution in [1.82, 2.24) is 4.90 Å². The molecule has 1 aromatic carbocycles. The number of hydrogen-bond donors (Lipinski definition) is 0. The summed E-state index contributed by atoms with van der Waals surface area (Å²) in [4.78, 5) is 27.0. The van der Waals surface area contributed by atoms with Crippen molar-refractivity contribution in [2.45, 2.75) is 44.9 Å². The van der Waals surface area contributed by atoms with E-state index in [1.807, 2.05) is 17.0 Å². The number of allylic oxidation sites excluding steroid dienone is 2. The van der Waals surface area contributed by atoms with E-state index in [-0.39, 0.29) is 17.8 Å². The number of benzene rings is 1. The number of morpholine rings is 1. The number of amides is 1. The van der Waals surface area contributed by atoms with E-state index in [0.29, 0.717) is 44.2 Å². The van der Waals surface area contributed by atoms with Crippen molar-refractivity contribution in [2.24, 2.45) is 11.8 Å². The molecule has 1 aliphatic heterocycles. The molecule has 1 amide bonds. The molecule has 0 spiro atoms. The standard InChI is InChI=1S/C24H30BrNO4/c1-29-24(28)17-7-8-20-18(13-17)14-19(15-21(27)26-9-11-30-12-10-26)23(25)22(20)16-5-3-2-4-6-16/h7-8,13,16,19H,2-6,9-12,14-15H2,1H3. The Morgan fingerprint density at radius 2 is 1.90 bits per heavy atom. The summed E-state index contributed by atoms with van der Waals surface area (Å²) in [6.07, 6.45) is 7.42. The van der Waals surface area contributed by atoms with E-state index in [0.717, 1.165) is 12.0 Å². The van der Waals surface area contributed by atoms with Crippen LogP contribution in [0.5, 0.6) is 0 Å². The van der Waals surface area contributed by atoms with Gasteiger partial charge in [0.15, 0.2) is 0 Å². The summed E-state index contributed by atoms with van der Waals surface area (Å²) in [7, 11) is 1.41. The van der Waals surface area contributed by atoms with Crippen molar-refractivity contribution in [2.75, 3.05) is 33.4 Å². The number of esters is 1. The van der Waals surface area contributed by atoms with E-state index < -0.39 is 0 Å². The first-order valence-electron chi connectivity index (χ1n) is 11.0. The van der Waals surface area contributed by atoms with Gasteiger partial charge in [0.2, 0.25) is 5.91 Å². The molecule has 0 aromatic heterocycles. The highest BCUT2D eigenvalue weighted by Gasteiger charge is 2.33. The second-order valence-corrected chi connectivity index (χ2v) is 9.41. The molecule has 1 aromatic rings. The summed E-state index contributed by atoms with van der Waals surface area (Å²) in [5.74, 6) is 0.497. The predicted molar refractivity (Wildman–Crippen MR) is 119 cm³/mol. The molecule has 4 rings (SSSR count). The number of carbonyl (C=O) groups is 2. The van der Waals surface area contributed by atoms with Crippen LogP contribution in [0.15, 0.2) is 22.7 Å². The Hall–Kier alpha value is -1.66. The number of carbonyl (C=O) groups excluding carboxylic acids is 2. The van der Waals surface area contributed by atoms with Gasteiger partial charge in [0.05, 0.1) is 25.9 Å². The van der Waals surface area contributed by atoms with E-state index in [9.17, 15) is 9.59 Å². The summed E-state index contributed by atoms with van der Waals surface area (Å²) >= 11 is 3.93. The molecule has 1 heterocycles. The minimum atomic E-state index is -0.313. The van der Waals surface area contributed by atoms with Crippen LogP contribution in [0.3, 0.4) is 0 Å². The van der Waals surface area contributed by atoms with Crippen molar-refractivity contribution < 1.29 is 19.1 Å². The average molecular weight is 476 g/mol. The van der Waals surface area contributed by atoms with Gasteiger partial charge in [0.25, 0.3) is 0 Å². The molecule has 0 bridgehead atoms. The fourth-order valence-electron chi connectivity index (χ4n) is 5.09. The maximum absolute atomic E-state index is 13.0. The molecular formula is C24H30BrNO4. The number of nitrogens with zero attached hydrogens (tertiary/aromatic N) is 1. The van der Waals surface area contributed by atoms with Gasteiger partial charge in [-0.2, -0.15) is 0 Å². The van der Waals surface area contributed by atoms with Gasteiger partial charge in [0.1, 0.15) is 0 Å². The Labute approximate surface area is 186 Å². The fourth-order valence-corrected chi connectivity index (χ4v) is 5.96. The van der Waals surface area contributed by atoms with E-state index in [1.165, 1.54) is 54.8 Å². The van der Waals surface area contributed by atoms with Gasteiger partial charge in [0, 0.05) is 29.9 Å². The van der Waals surface area contributed by atoms with Crippen LogP contribution in [0, 0.1) is 11.8 Å². The summed E-state index contributed by atoms with van der Waals surface area (Å²) in [5.41, 5.74) is 4.32. The van der Waals surface area contributed by atoms with Crippen molar-refractivity contribution in [1.29, 1.82) is 0 Å². The zero-order valence-corrected chi connectivity index (χ0v) is 19.2. The van der Waals surface area contributed by atoms with Crippen LogP contribution in [0.4, 0.5) is 0 Å². The van der Waals surface area contributed by atoms with Gasteiger partial charge in [-0.1, -0.05) is 41.3 Å². The summed E-state index contributed by atoms with van der Waals surface area (Å²) in [6.45, 7) is 2.58. The third-order valence-electron chi connectivity index (χ3n) is 6.70. The Morgan fingerprint density at radius 3 is 2.60 bits per heavy atom.